The van der Waals surface area contributed by atoms with Crippen LogP contribution in [0.1, 0.15) is 12.5 Å². The van der Waals surface area contributed by atoms with Gasteiger partial charge < -0.3 is 14.6 Å². The van der Waals surface area contributed by atoms with Gasteiger partial charge in [-0.1, -0.05) is 23.2 Å². The van der Waals surface area contributed by atoms with Crippen LogP contribution in [0.2, 0.25) is 10.0 Å². The number of hydrogen-bond donors (Lipinski definition) is 0. The average Bonchev–Trinajstić information content (AvgIpc) is 2.13. The Labute approximate surface area is 97.6 Å². The van der Waals surface area contributed by atoms with Crippen molar-refractivity contribution >= 4 is 29.2 Å². The Kier molecular flexibility index (Phi) is 3.83. The summed E-state index contributed by atoms with van der Waals surface area (Å²) in [5.41, 5.74) is 0.647. The molecular weight excluding hydrogens is 239 g/mol. The Hall–Kier alpha value is -0.930. The molecule has 5 heteroatoms. The molecule has 1 atom stereocenters. The number of carbonyl (C=O) groups excluding carboxylic acids is 1. The van der Waals surface area contributed by atoms with Gasteiger partial charge in [-0.05, 0) is 26.0 Å². The van der Waals surface area contributed by atoms with E-state index in [1.807, 2.05) is 0 Å². The normalized spacial score (nSPS) is 12.3. The minimum absolute atomic E-state index is 0.351. The molecule has 0 radical (unpaired) electrons. The van der Waals surface area contributed by atoms with Crippen molar-refractivity contribution in [2.75, 3.05) is 0 Å². The standard InChI is InChI=1S/C10H10Cl2O3/c1-5-8(12)3-7(11)4-9(5)15-6(2)10(13)14/h3-4,6H,1-2H3,(H,13,14)/p-1. The quantitative estimate of drug-likeness (QED) is 0.819. The van der Waals surface area contributed by atoms with Crippen molar-refractivity contribution in [2.24, 2.45) is 0 Å². The summed E-state index contributed by atoms with van der Waals surface area (Å²) in [5.74, 6) is -0.935. The van der Waals surface area contributed by atoms with Gasteiger partial charge in [-0.15, -0.1) is 0 Å². The first-order valence-corrected chi connectivity index (χ1v) is 5.00. The molecule has 0 spiro atoms. The number of aliphatic carboxylic acids is 1. The van der Waals surface area contributed by atoms with E-state index in [1.165, 1.54) is 13.0 Å². The number of rotatable bonds is 3. The van der Waals surface area contributed by atoms with Crippen molar-refractivity contribution in [3.63, 3.8) is 0 Å². The minimum Gasteiger partial charge on any atom is -0.546 e. The topological polar surface area (TPSA) is 49.4 Å². The van der Waals surface area contributed by atoms with E-state index in [2.05, 4.69) is 0 Å². The van der Waals surface area contributed by atoms with Crippen LogP contribution >= 0.6 is 23.2 Å². The summed E-state index contributed by atoms with van der Waals surface area (Å²) in [7, 11) is 0. The SMILES string of the molecule is Cc1c(Cl)cc(Cl)cc1OC(C)C(=O)[O-]. The van der Waals surface area contributed by atoms with Gasteiger partial charge in [-0.3, -0.25) is 0 Å². The number of carboxylic acids is 1. The molecule has 0 aliphatic rings. The third kappa shape index (κ3) is 3.01. The van der Waals surface area contributed by atoms with Crippen molar-refractivity contribution in [3.05, 3.63) is 27.7 Å². The fourth-order valence-corrected chi connectivity index (χ4v) is 1.46. The van der Waals surface area contributed by atoms with Crippen LogP contribution in [0.4, 0.5) is 0 Å². The lowest BCUT2D eigenvalue weighted by molar-refractivity contribution is -0.312. The first kappa shape index (κ1) is 12.1. The maximum absolute atomic E-state index is 10.5. The van der Waals surface area contributed by atoms with Crippen molar-refractivity contribution in [1.82, 2.24) is 0 Å². The molecule has 0 fully saturated rings. The molecule has 0 aromatic heterocycles. The zero-order valence-electron chi connectivity index (χ0n) is 8.21. The Morgan fingerprint density at radius 3 is 2.60 bits per heavy atom. The highest BCUT2D eigenvalue weighted by atomic mass is 35.5. The van der Waals surface area contributed by atoms with E-state index < -0.39 is 12.1 Å². The van der Waals surface area contributed by atoms with Crippen molar-refractivity contribution < 1.29 is 14.6 Å². The van der Waals surface area contributed by atoms with Gasteiger partial charge in [0.1, 0.15) is 11.9 Å². The molecule has 0 bridgehead atoms. The van der Waals surface area contributed by atoms with Crippen molar-refractivity contribution in [3.8, 4) is 5.75 Å². The highest BCUT2D eigenvalue weighted by Gasteiger charge is 2.10. The van der Waals surface area contributed by atoms with Crippen LogP contribution in [0.5, 0.6) is 5.75 Å². The van der Waals surface area contributed by atoms with E-state index >= 15 is 0 Å². The third-order valence-corrected chi connectivity index (χ3v) is 2.51. The monoisotopic (exact) mass is 247 g/mol. The van der Waals surface area contributed by atoms with Crippen LogP contribution in [0, 0.1) is 6.92 Å². The zero-order chi connectivity index (χ0) is 11.6. The molecule has 0 aliphatic heterocycles. The van der Waals surface area contributed by atoms with Crippen molar-refractivity contribution in [1.29, 1.82) is 0 Å². The molecule has 1 aromatic rings. The molecule has 0 amide bonds. The van der Waals surface area contributed by atoms with Crippen LogP contribution in [-0.4, -0.2) is 12.1 Å². The van der Waals surface area contributed by atoms with Crippen LogP contribution in [0.15, 0.2) is 12.1 Å². The summed E-state index contributed by atoms with van der Waals surface area (Å²) >= 11 is 11.6. The summed E-state index contributed by atoms with van der Waals surface area (Å²) in [6, 6.07) is 3.08. The van der Waals surface area contributed by atoms with Gasteiger partial charge in [0.15, 0.2) is 0 Å². The molecule has 15 heavy (non-hydrogen) atoms. The highest BCUT2D eigenvalue weighted by Crippen LogP contribution is 2.30. The van der Waals surface area contributed by atoms with Gasteiger partial charge in [0, 0.05) is 15.6 Å². The molecule has 0 heterocycles. The van der Waals surface area contributed by atoms with E-state index in [0.29, 0.717) is 21.4 Å². The molecule has 1 aromatic carbocycles. The first-order valence-electron chi connectivity index (χ1n) is 4.25. The number of hydrogen-bond acceptors (Lipinski definition) is 3. The lowest BCUT2D eigenvalue weighted by Crippen LogP contribution is -2.37. The lowest BCUT2D eigenvalue weighted by Gasteiger charge is -2.17. The molecule has 1 rings (SSSR count). The Bertz CT molecular complexity index is 390. The summed E-state index contributed by atoms with van der Waals surface area (Å²) in [4.78, 5) is 10.5. The van der Waals surface area contributed by atoms with Gasteiger partial charge in [-0.2, -0.15) is 0 Å². The van der Waals surface area contributed by atoms with E-state index in [0.717, 1.165) is 0 Å². The van der Waals surface area contributed by atoms with Crippen LogP contribution < -0.4 is 9.84 Å². The summed E-state index contributed by atoms with van der Waals surface area (Å²) in [5, 5.41) is 11.3. The van der Waals surface area contributed by atoms with Gasteiger partial charge in [-0.25, -0.2) is 0 Å². The van der Waals surface area contributed by atoms with E-state index in [1.54, 1.807) is 13.0 Å². The second kappa shape index (κ2) is 4.73. The molecule has 0 aliphatic carbocycles. The minimum atomic E-state index is -1.29. The largest absolute Gasteiger partial charge is 0.546 e. The van der Waals surface area contributed by atoms with Crippen molar-refractivity contribution in [2.45, 2.75) is 20.0 Å². The molecule has 0 saturated heterocycles. The molecule has 1 unspecified atom stereocenters. The third-order valence-electron chi connectivity index (χ3n) is 1.90. The predicted molar refractivity (Wildman–Crippen MR) is 56.3 cm³/mol. The maximum atomic E-state index is 10.5. The molecule has 82 valence electrons. The van der Waals surface area contributed by atoms with Gasteiger partial charge in [0.05, 0.1) is 5.97 Å². The van der Waals surface area contributed by atoms with E-state index in [-0.39, 0.29) is 0 Å². The lowest BCUT2D eigenvalue weighted by atomic mass is 10.2. The van der Waals surface area contributed by atoms with Crippen LogP contribution in [0.3, 0.4) is 0 Å². The summed E-state index contributed by atoms with van der Waals surface area (Å²) in [6.45, 7) is 3.10. The maximum Gasteiger partial charge on any atom is 0.135 e. The van der Waals surface area contributed by atoms with Gasteiger partial charge in [0.2, 0.25) is 0 Å². The average molecular weight is 248 g/mol. The summed E-state index contributed by atoms with van der Waals surface area (Å²) < 4.78 is 5.14. The predicted octanol–water partition coefficient (Wildman–Crippen LogP) is 1.82. The van der Waals surface area contributed by atoms with Crippen LogP contribution in [0.25, 0.3) is 0 Å². The molecular formula is C10H9Cl2O3-. The Morgan fingerprint density at radius 2 is 2.07 bits per heavy atom. The Morgan fingerprint density at radius 1 is 1.47 bits per heavy atom. The number of carbonyl (C=O) groups is 1. The number of ether oxygens (including phenoxy) is 1. The van der Waals surface area contributed by atoms with E-state index in [4.69, 9.17) is 27.9 Å². The molecule has 3 nitrogen and oxygen atoms in total. The van der Waals surface area contributed by atoms with Crippen LogP contribution in [-0.2, 0) is 4.79 Å². The smallest absolute Gasteiger partial charge is 0.135 e. The fraction of sp³-hybridized carbons (Fsp3) is 0.300. The fourth-order valence-electron chi connectivity index (χ4n) is 0.983. The van der Waals surface area contributed by atoms with E-state index in [9.17, 15) is 9.90 Å². The van der Waals surface area contributed by atoms with Gasteiger partial charge in [0.25, 0.3) is 0 Å². The number of benzene rings is 1. The first-order chi connectivity index (χ1) is 6.91. The second-order valence-electron chi connectivity index (χ2n) is 3.09. The Balaban J connectivity index is 2.99. The number of halogens is 2. The molecule has 0 N–H and O–H groups in total. The summed E-state index contributed by atoms with van der Waals surface area (Å²) in [6.07, 6.45) is -1.04. The second-order valence-corrected chi connectivity index (χ2v) is 3.93. The molecule has 0 saturated carbocycles. The highest BCUT2D eigenvalue weighted by molar-refractivity contribution is 6.35. The zero-order valence-corrected chi connectivity index (χ0v) is 9.72. The number of carboxylic acid groups (broad SMARTS) is 1. The van der Waals surface area contributed by atoms with Gasteiger partial charge >= 0.3 is 0 Å².